The van der Waals surface area contributed by atoms with E-state index in [9.17, 15) is 0 Å². The Labute approximate surface area is 115 Å². The van der Waals surface area contributed by atoms with E-state index in [0.29, 0.717) is 16.5 Å². The zero-order valence-electron chi connectivity index (χ0n) is 9.77. The minimum atomic E-state index is -0.151. The number of aromatic nitrogens is 3. The van der Waals surface area contributed by atoms with Gasteiger partial charge in [0, 0.05) is 17.1 Å². The fourth-order valence-electron chi connectivity index (χ4n) is 1.79. The van der Waals surface area contributed by atoms with Crippen LogP contribution in [0.3, 0.4) is 0 Å². The Morgan fingerprint density at radius 1 is 1.39 bits per heavy atom. The van der Waals surface area contributed by atoms with Crippen molar-refractivity contribution in [2.24, 2.45) is 12.9 Å². The van der Waals surface area contributed by atoms with Gasteiger partial charge in [0.1, 0.15) is 0 Å². The van der Waals surface area contributed by atoms with Crippen LogP contribution in [-0.4, -0.2) is 15.0 Å². The molecule has 0 bridgehead atoms. The Balaban J connectivity index is 2.29. The maximum absolute atomic E-state index is 6.14. The Kier molecular flexibility index (Phi) is 4.19. The number of benzene rings is 1. The van der Waals surface area contributed by atoms with Crippen molar-refractivity contribution < 1.29 is 0 Å². The van der Waals surface area contributed by atoms with E-state index in [2.05, 4.69) is 15.7 Å². The second kappa shape index (κ2) is 5.67. The third-order valence-corrected chi connectivity index (χ3v) is 3.49. The third kappa shape index (κ3) is 2.64. The Morgan fingerprint density at radius 3 is 2.56 bits per heavy atom. The molecule has 0 spiro atoms. The average molecular weight is 286 g/mol. The predicted octanol–water partition coefficient (Wildman–Crippen LogP) is 1.87. The fourth-order valence-corrected chi connectivity index (χ4v) is 2.35. The van der Waals surface area contributed by atoms with Crippen LogP contribution in [0.5, 0.6) is 0 Å². The van der Waals surface area contributed by atoms with Gasteiger partial charge in [-0.3, -0.25) is 16.0 Å². The monoisotopic (exact) mass is 285 g/mol. The van der Waals surface area contributed by atoms with Crippen molar-refractivity contribution in [3.05, 3.63) is 45.7 Å². The lowest BCUT2D eigenvalue weighted by atomic mass is 10.0. The molecule has 0 saturated carbocycles. The molecule has 0 fully saturated rings. The smallest absolute Gasteiger partial charge is 0.0770 e. The van der Waals surface area contributed by atoms with Gasteiger partial charge in [0.25, 0.3) is 0 Å². The molecule has 0 amide bonds. The van der Waals surface area contributed by atoms with Gasteiger partial charge < -0.3 is 0 Å². The van der Waals surface area contributed by atoms with Crippen LogP contribution in [0, 0.1) is 0 Å². The highest BCUT2D eigenvalue weighted by atomic mass is 35.5. The molecule has 3 N–H and O–H groups in total. The number of hydrazine groups is 1. The van der Waals surface area contributed by atoms with Gasteiger partial charge in [0.15, 0.2) is 0 Å². The molecule has 0 saturated heterocycles. The minimum absolute atomic E-state index is 0.151. The van der Waals surface area contributed by atoms with E-state index in [0.717, 1.165) is 11.3 Å². The van der Waals surface area contributed by atoms with Gasteiger partial charge in [-0.25, -0.2) is 0 Å². The van der Waals surface area contributed by atoms with Crippen LogP contribution in [0.25, 0.3) is 0 Å². The van der Waals surface area contributed by atoms with E-state index in [1.54, 1.807) is 30.1 Å². The Morgan fingerprint density at radius 2 is 2.06 bits per heavy atom. The number of nitrogens with zero attached hydrogens (tertiary/aromatic N) is 3. The van der Waals surface area contributed by atoms with E-state index in [1.807, 2.05) is 6.07 Å². The van der Waals surface area contributed by atoms with Crippen LogP contribution in [0.2, 0.25) is 10.0 Å². The van der Waals surface area contributed by atoms with Crippen LogP contribution in [0.15, 0.2) is 24.4 Å². The molecule has 2 rings (SSSR count). The molecule has 0 aliphatic carbocycles. The molecule has 0 aliphatic heterocycles. The molecule has 7 heteroatoms. The van der Waals surface area contributed by atoms with E-state index in [4.69, 9.17) is 29.0 Å². The van der Waals surface area contributed by atoms with Gasteiger partial charge in [-0.1, -0.05) is 34.5 Å². The lowest BCUT2D eigenvalue weighted by Crippen LogP contribution is -2.31. The second-order valence-corrected chi connectivity index (χ2v) is 4.72. The standard InChI is InChI=1S/C11H13Cl2N5/c1-18-11(6-15-17-18)10(16-14)5-7-8(12)3-2-4-9(7)13/h2-4,6,10,16H,5,14H2,1H3. The van der Waals surface area contributed by atoms with Crippen molar-refractivity contribution >= 4 is 23.2 Å². The number of aryl methyl sites for hydroxylation is 1. The van der Waals surface area contributed by atoms with Crippen LogP contribution in [0.4, 0.5) is 0 Å². The number of halogens is 2. The van der Waals surface area contributed by atoms with Gasteiger partial charge in [0.05, 0.1) is 17.9 Å². The largest absolute Gasteiger partial charge is 0.271 e. The minimum Gasteiger partial charge on any atom is -0.271 e. The topological polar surface area (TPSA) is 68.8 Å². The molecule has 18 heavy (non-hydrogen) atoms. The fraction of sp³-hybridized carbons (Fsp3) is 0.273. The highest BCUT2D eigenvalue weighted by Crippen LogP contribution is 2.28. The molecule has 1 unspecified atom stereocenters. The van der Waals surface area contributed by atoms with Crippen LogP contribution in [0.1, 0.15) is 17.3 Å². The highest BCUT2D eigenvalue weighted by Gasteiger charge is 2.18. The summed E-state index contributed by atoms with van der Waals surface area (Å²) in [7, 11) is 1.81. The first-order valence-electron chi connectivity index (χ1n) is 5.37. The normalized spacial score (nSPS) is 12.7. The zero-order valence-corrected chi connectivity index (χ0v) is 11.3. The van der Waals surface area contributed by atoms with E-state index in [1.165, 1.54) is 0 Å². The maximum atomic E-state index is 6.14. The van der Waals surface area contributed by atoms with Crippen molar-refractivity contribution in [3.63, 3.8) is 0 Å². The molecule has 1 aromatic carbocycles. The van der Waals surface area contributed by atoms with Gasteiger partial charge in [0.2, 0.25) is 0 Å². The molecule has 2 aromatic rings. The van der Waals surface area contributed by atoms with Crippen LogP contribution < -0.4 is 11.3 Å². The molecule has 5 nitrogen and oxygen atoms in total. The number of hydrogen-bond donors (Lipinski definition) is 2. The van der Waals surface area contributed by atoms with E-state index < -0.39 is 0 Å². The maximum Gasteiger partial charge on any atom is 0.0770 e. The number of rotatable bonds is 4. The SMILES string of the molecule is Cn1nncc1C(Cc1c(Cl)cccc1Cl)NN. The summed E-state index contributed by atoms with van der Waals surface area (Å²) in [5.41, 5.74) is 4.45. The lowest BCUT2D eigenvalue weighted by molar-refractivity contribution is 0.507. The number of hydrogen-bond acceptors (Lipinski definition) is 4. The van der Waals surface area contributed by atoms with Crippen LogP contribution >= 0.6 is 23.2 Å². The predicted molar refractivity (Wildman–Crippen MR) is 71.2 cm³/mol. The molecular weight excluding hydrogens is 273 g/mol. The Bertz CT molecular complexity index is 520. The summed E-state index contributed by atoms with van der Waals surface area (Å²) < 4.78 is 1.66. The summed E-state index contributed by atoms with van der Waals surface area (Å²) in [6.07, 6.45) is 2.23. The highest BCUT2D eigenvalue weighted by molar-refractivity contribution is 6.36. The summed E-state index contributed by atoms with van der Waals surface area (Å²) in [6, 6.07) is 5.27. The van der Waals surface area contributed by atoms with Gasteiger partial charge >= 0.3 is 0 Å². The van der Waals surface area contributed by atoms with Gasteiger partial charge in [-0.05, 0) is 24.1 Å². The molecule has 96 valence electrons. The molecule has 1 aromatic heterocycles. The van der Waals surface area contributed by atoms with Crippen molar-refractivity contribution in [2.75, 3.05) is 0 Å². The summed E-state index contributed by atoms with van der Waals surface area (Å²) in [6.45, 7) is 0. The first-order chi connectivity index (χ1) is 8.63. The molecule has 1 heterocycles. The quantitative estimate of drug-likeness (QED) is 0.665. The third-order valence-electron chi connectivity index (χ3n) is 2.78. The number of nitrogens with one attached hydrogen (secondary N) is 1. The summed E-state index contributed by atoms with van der Waals surface area (Å²) in [5, 5.41) is 8.95. The molecule has 0 radical (unpaired) electrons. The van der Waals surface area contributed by atoms with Gasteiger partial charge in [-0.2, -0.15) is 0 Å². The first-order valence-corrected chi connectivity index (χ1v) is 6.12. The van der Waals surface area contributed by atoms with Crippen molar-refractivity contribution in [2.45, 2.75) is 12.5 Å². The van der Waals surface area contributed by atoms with E-state index >= 15 is 0 Å². The summed E-state index contributed by atoms with van der Waals surface area (Å²) >= 11 is 12.3. The van der Waals surface area contributed by atoms with Gasteiger partial charge in [-0.15, -0.1) is 5.10 Å². The zero-order chi connectivity index (χ0) is 13.1. The summed E-state index contributed by atoms with van der Waals surface area (Å²) in [5.74, 6) is 5.58. The van der Waals surface area contributed by atoms with Crippen molar-refractivity contribution in [1.29, 1.82) is 0 Å². The Hall–Kier alpha value is -1.14. The average Bonchev–Trinajstić information content (AvgIpc) is 2.76. The summed E-state index contributed by atoms with van der Waals surface area (Å²) in [4.78, 5) is 0. The van der Waals surface area contributed by atoms with E-state index in [-0.39, 0.29) is 6.04 Å². The molecule has 1 atom stereocenters. The molecule has 0 aliphatic rings. The number of nitrogens with two attached hydrogens (primary N) is 1. The van der Waals surface area contributed by atoms with Crippen molar-refractivity contribution in [1.82, 2.24) is 20.4 Å². The van der Waals surface area contributed by atoms with Crippen LogP contribution in [-0.2, 0) is 13.5 Å². The lowest BCUT2D eigenvalue weighted by Gasteiger charge is -2.17. The van der Waals surface area contributed by atoms with Crippen molar-refractivity contribution in [3.8, 4) is 0 Å². The second-order valence-electron chi connectivity index (χ2n) is 3.91. The molecular formula is C11H13Cl2N5. The first kappa shape index (κ1) is 13.3.